The van der Waals surface area contributed by atoms with Crippen molar-refractivity contribution in [3.8, 4) is 0 Å². The van der Waals surface area contributed by atoms with Crippen molar-refractivity contribution in [3.05, 3.63) is 29.3 Å². The van der Waals surface area contributed by atoms with Gasteiger partial charge in [-0.3, -0.25) is 4.79 Å². The zero-order valence-electron chi connectivity index (χ0n) is 13.4. The van der Waals surface area contributed by atoms with E-state index in [1.165, 1.54) is 0 Å². The molecule has 0 aliphatic carbocycles. The monoisotopic (exact) mass is 276 g/mol. The fourth-order valence-electron chi connectivity index (χ4n) is 2.05. The number of hydrogen-bond donors (Lipinski definition) is 2. The van der Waals surface area contributed by atoms with E-state index in [2.05, 4.69) is 38.3 Å². The normalized spacial score (nSPS) is 13.7. The summed E-state index contributed by atoms with van der Waals surface area (Å²) in [6.07, 6.45) is 2.16. The maximum atomic E-state index is 12.2. The van der Waals surface area contributed by atoms with Gasteiger partial charge in [0.25, 0.3) is 5.91 Å². The van der Waals surface area contributed by atoms with E-state index in [1.807, 2.05) is 25.1 Å². The van der Waals surface area contributed by atoms with Crippen LogP contribution in [0.25, 0.3) is 0 Å². The Morgan fingerprint density at radius 1 is 1.25 bits per heavy atom. The molecule has 0 aromatic heterocycles. The summed E-state index contributed by atoms with van der Waals surface area (Å²) in [5.41, 5.74) is 2.96. The van der Waals surface area contributed by atoms with Crippen LogP contribution in [0.15, 0.2) is 18.2 Å². The molecule has 0 saturated heterocycles. The second kappa shape index (κ2) is 7.93. The van der Waals surface area contributed by atoms with Crippen LogP contribution in [0, 0.1) is 12.8 Å². The molecule has 112 valence electrons. The molecule has 0 heterocycles. The highest BCUT2D eigenvalue weighted by Gasteiger charge is 2.14. The zero-order chi connectivity index (χ0) is 15.1. The van der Waals surface area contributed by atoms with Crippen LogP contribution in [0.5, 0.6) is 0 Å². The van der Waals surface area contributed by atoms with E-state index in [1.54, 1.807) is 0 Å². The minimum atomic E-state index is 0.0166. The van der Waals surface area contributed by atoms with Crippen LogP contribution in [0.3, 0.4) is 0 Å². The highest BCUT2D eigenvalue weighted by molar-refractivity contribution is 5.95. The lowest BCUT2D eigenvalue weighted by atomic mass is 10.0. The second-order valence-corrected chi connectivity index (χ2v) is 5.60. The predicted octanol–water partition coefficient (Wildman–Crippen LogP) is 3.98. The molecule has 2 N–H and O–H groups in total. The molecule has 0 aliphatic heterocycles. The van der Waals surface area contributed by atoms with Gasteiger partial charge >= 0.3 is 0 Å². The van der Waals surface area contributed by atoms with Gasteiger partial charge in [0, 0.05) is 23.8 Å². The van der Waals surface area contributed by atoms with E-state index in [0.717, 1.165) is 36.2 Å². The van der Waals surface area contributed by atoms with Gasteiger partial charge in [0.15, 0.2) is 0 Å². The maximum absolute atomic E-state index is 12.2. The molecule has 0 fully saturated rings. The number of nitrogens with one attached hydrogen (secondary N) is 2. The molecule has 3 heteroatoms. The fourth-order valence-corrected chi connectivity index (χ4v) is 2.05. The second-order valence-electron chi connectivity index (χ2n) is 5.60. The summed E-state index contributed by atoms with van der Waals surface area (Å²) in [7, 11) is 0. The summed E-state index contributed by atoms with van der Waals surface area (Å²) in [6.45, 7) is 11.5. The van der Waals surface area contributed by atoms with Crippen LogP contribution >= 0.6 is 0 Å². The zero-order valence-corrected chi connectivity index (χ0v) is 13.4. The molecule has 0 saturated carbocycles. The highest BCUT2D eigenvalue weighted by atomic mass is 16.1. The van der Waals surface area contributed by atoms with E-state index in [0.29, 0.717) is 5.92 Å². The summed E-state index contributed by atoms with van der Waals surface area (Å²) in [6, 6.07) is 6.04. The topological polar surface area (TPSA) is 41.1 Å². The molecule has 1 rings (SSSR count). The Morgan fingerprint density at radius 2 is 1.95 bits per heavy atom. The first-order chi connectivity index (χ1) is 9.49. The van der Waals surface area contributed by atoms with Crippen LogP contribution < -0.4 is 10.6 Å². The van der Waals surface area contributed by atoms with E-state index >= 15 is 0 Å². The minimum Gasteiger partial charge on any atom is -0.385 e. The fraction of sp³-hybridized carbons (Fsp3) is 0.588. The van der Waals surface area contributed by atoms with Gasteiger partial charge < -0.3 is 10.6 Å². The van der Waals surface area contributed by atoms with Crippen molar-refractivity contribution in [2.24, 2.45) is 5.92 Å². The van der Waals surface area contributed by atoms with Gasteiger partial charge in [-0.15, -0.1) is 0 Å². The molecule has 0 aliphatic rings. The smallest absolute Gasteiger partial charge is 0.251 e. The van der Waals surface area contributed by atoms with Gasteiger partial charge in [-0.25, -0.2) is 0 Å². The third kappa shape index (κ3) is 4.55. The summed E-state index contributed by atoms with van der Waals surface area (Å²) >= 11 is 0. The molecule has 1 aromatic carbocycles. The lowest BCUT2D eigenvalue weighted by molar-refractivity contribution is 0.0928. The number of carbonyl (C=O) groups is 1. The highest BCUT2D eigenvalue weighted by Crippen LogP contribution is 2.17. The van der Waals surface area contributed by atoms with Gasteiger partial charge in [-0.2, -0.15) is 0 Å². The number of benzene rings is 1. The molecule has 2 atom stereocenters. The predicted molar refractivity (Wildman–Crippen MR) is 86.3 cm³/mol. The third-order valence-corrected chi connectivity index (χ3v) is 3.91. The first-order valence-electron chi connectivity index (χ1n) is 7.64. The molecular weight excluding hydrogens is 248 g/mol. The Balaban J connectivity index is 2.72. The van der Waals surface area contributed by atoms with Crippen molar-refractivity contribution in [1.29, 1.82) is 0 Å². The molecule has 1 amide bonds. The van der Waals surface area contributed by atoms with Crippen LogP contribution in [0.4, 0.5) is 5.69 Å². The minimum absolute atomic E-state index is 0.0166. The van der Waals surface area contributed by atoms with E-state index in [4.69, 9.17) is 0 Å². The van der Waals surface area contributed by atoms with Crippen LogP contribution in [-0.4, -0.2) is 18.5 Å². The summed E-state index contributed by atoms with van der Waals surface area (Å²) in [5.74, 6) is 0.508. The van der Waals surface area contributed by atoms with E-state index < -0.39 is 0 Å². The first-order valence-corrected chi connectivity index (χ1v) is 7.64. The van der Waals surface area contributed by atoms with Gasteiger partial charge in [-0.1, -0.05) is 27.2 Å². The molecule has 0 bridgehead atoms. The molecule has 2 unspecified atom stereocenters. The summed E-state index contributed by atoms with van der Waals surface area (Å²) < 4.78 is 0. The van der Waals surface area contributed by atoms with Gasteiger partial charge in [0.2, 0.25) is 0 Å². The molecular formula is C17H28N2O. The van der Waals surface area contributed by atoms with E-state index in [-0.39, 0.29) is 11.9 Å². The van der Waals surface area contributed by atoms with Crippen molar-refractivity contribution in [2.45, 2.75) is 53.5 Å². The molecule has 1 aromatic rings. The lowest BCUT2D eigenvalue weighted by Crippen LogP contribution is -2.36. The van der Waals surface area contributed by atoms with Crippen molar-refractivity contribution < 1.29 is 4.79 Å². The Morgan fingerprint density at radius 3 is 2.50 bits per heavy atom. The first kappa shape index (κ1) is 16.5. The SMILES string of the molecule is CCCNc1ccc(C(=O)NC(C)C(C)CC)cc1C. The quantitative estimate of drug-likeness (QED) is 0.791. The number of rotatable bonds is 7. The van der Waals surface area contributed by atoms with Gasteiger partial charge in [0.05, 0.1) is 0 Å². The number of aryl methyl sites for hydroxylation is 1. The van der Waals surface area contributed by atoms with Crippen molar-refractivity contribution >= 4 is 11.6 Å². The third-order valence-electron chi connectivity index (χ3n) is 3.91. The molecule has 3 nitrogen and oxygen atoms in total. The Bertz CT molecular complexity index is 443. The number of carbonyl (C=O) groups excluding carboxylic acids is 1. The van der Waals surface area contributed by atoms with Crippen molar-refractivity contribution in [3.63, 3.8) is 0 Å². The largest absolute Gasteiger partial charge is 0.385 e. The Kier molecular flexibility index (Phi) is 6.56. The van der Waals surface area contributed by atoms with Crippen molar-refractivity contribution in [2.75, 3.05) is 11.9 Å². The standard InChI is InChI=1S/C17H28N2O/c1-6-10-18-16-9-8-15(11-13(16)4)17(20)19-14(5)12(3)7-2/h8-9,11-12,14,18H,6-7,10H2,1-5H3,(H,19,20). The van der Waals surface area contributed by atoms with Crippen molar-refractivity contribution in [1.82, 2.24) is 5.32 Å². The molecule has 0 radical (unpaired) electrons. The summed E-state index contributed by atoms with van der Waals surface area (Å²) in [5, 5.41) is 6.44. The molecule has 0 spiro atoms. The number of hydrogen-bond acceptors (Lipinski definition) is 2. The summed E-state index contributed by atoms with van der Waals surface area (Å²) in [4.78, 5) is 12.2. The average molecular weight is 276 g/mol. The van der Waals surface area contributed by atoms with Gasteiger partial charge in [-0.05, 0) is 49.9 Å². The van der Waals surface area contributed by atoms with Crippen LogP contribution in [-0.2, 0) is 0 Å². The Hall–Kier alpha value is -1.51. The average Bonchev–Trinajstić information content (AvgIpc) is 2.44. The Labute approximate surface area is 123 Å². The van der Waals surface area contributed by atoms with E-state index in [9.17, 15) is 4.79 Å². The van der Waals surface area contributed by atoms with Gasteiger partial charge in [0.1, 0.15) is 0 Å². The van der Waals surface area contributed by atoms with Crippen LogP contribution in [0.2, 0.25) is 0 Å². The number of amides is 1. The maximum Gasteiger partial charge on any atom is 0.251 e. The van der Waals surface area contributed by atoms with Crippen LogP contribution in [0.1, 0.15) is 56.5 Å². The molecule has 20 heavy (non-hydrogen) atoms. The number of anilines is 1. The lowest BCUT2D eigenvalue weighted by Gasteiger charge is -2.20.